The van der Waals surface area contributed by atoms with E-state index in [1.165, 1.54) is 12.8 Å². The fourth-order valence-electron chi connectivity index (χ4n) is 3.06. The molecule has 2 heterocycles. The van der Waals surface area contributed by atoms with Gasteiger partial charge in [0.05, 0.1) is 0 Å². The molecule has 0 amide bonds. The minimum absolute atomic E-state index is 0.161. The molecule has 1 saturated heterocycles. The van der Waals surface area contributed by atoms with Gasteiger partial charge in [-0.25, -0.2) is 9.67 Å². The van der Waals surface area contributed by atoms with Gasteiger partial charge in [0.25, 0.3) is 0 Å². The normalized spacial score (nSPS) is 24.3. The SMILES string of the molecule is CC(C)Cn1ncnc1CC1(C(C)(C)C)CCCN1. The van der Waals surface area contributed by atoms with Crippen LogP contribution >= 0.6 is 0 Å². The molecule has 0 bridgehead atoms. The van der Waals surface area contributed by atoms with Crippen LogP contribution in [0.1, 0.15) is 53.3 Å². The van der Waals surface area contributed by atoms with Crippen molar-refractivity contribution in [3.63, 3.8) is 0 Å². The zero-order chi connectivity index (χ0) is 14.1. The first-order valence-electron chi connectivity index (χ1n) is 7.46. The van der Waals surface area contributed by atoms with Crippen LogP contribution in [-0.2, 0) is 13.0 Å². The van der Waals surface area contributed by atoms with Gasteiger partial charge < -0.3 is 5.32 Å². The lowest BCUT2D eigenvalue weighted by atomic mass is 9.70. The van der Waals surface area contributed by atoms with E-state index in [0.29, 0.717) is 5.92 Å². The molecule has 0 spiro atoms. The molecule has 4 heteroatoms. The van der Waals surface area contributed by atoms with E-state index in [2.05, 4.69) is 54.7 Å². The number of aromatic nitrogens is 3. The van der Waals surface area contributed by atoms with Crippen molar-refractivity contribution >= 4 is 0 Å². The minimum atomic E-state index is 0.161. The second kappa shape index (κ2) is 5.23. The summed E-state index contributed by atoms with van der Waals surface area (Å²) >= 11 is 0. The van der Waals surface area contributed by atoms with Crippen LogP contribution in [0.4, 0.5) is 0 Å². The quantitative estimate of drug-likeness (QED) is 0.909. The van der Waals surface area contributed by atoms with Crippen LogP contribution < -0.4 is 5.32 Å². The van der Waals surface area contributed by atoms with Crippen LogP contribution in [0.5, 0.6) is 0 Å². The molecule has 1 aromatic heterocycles. The van der Waals surface area contributed by atoms with Crippen molar-refractivity contribution in [2.24, 2.45) is 11.3 Å². The third-order valence-electron chi connectivity index (χ3n) is 4.37. The van der Waals surface area contributed by atoms with E-state index >= 15 is 0 Å². The van der Waals surface area contributed by atoms with E-state index in [0.717, 1.165) is 25.3 Å². The highest BCUT2D eigenvalue weighted by molar-refractivity contribution is 5.08. The Morgan fingerprint density at radius 3 is 2.68 bits per heavy atom. The van der Waals surface area contributed by atoms with Crippen LogP contribution in [0.15, 0.2) is 6.33 Å². The maximum Gasteiger partial charge on any atom is 0.138 e. The summed E-state index contributed by atoms with van der Waals surface area (Å²) in [6, 6.07) is 0. The molecule has 19 heavy (non-hydrogen) atoms. The van der Waals surface area contributed by atoms with Crippen molar-refractivity contribution in [2.45, 2.75) is 66.0 Å². The van der Waals surface area contributed by atoms with Gasteiger partial charge in [-0.05, 0) is 30.7 Å². The van der Waals surface area contributed by atoms with E-state index in [1.54, 1.807) is 6.33 Å². The van der Waals surface area contributed by atoms with Crippen LogP contribution in [0, 0.1) is 11.3 Å². The average Bonchev–Trinajstić information content (AvgIpc) is 2.88. The van der Waals surface area contributed by atoms with E-state index in [1.807, 2.05) is 0 Å². The standard InChI is InChI=1S/C15H28N4/c1-12(2)10-19-13(16-11-18-19)9-15(14(3,4)5)7-6-8-17-15/h11-12,17H,6-10H2,1-5H3. The Balaban J connectivity index is 2.21. The van der Waals surface area contributed by atoms with Gasteiger partial charge in [0.2, 0.25) is 0 Å². The van der Waals surface area contributed by atoms with Crippen LogP contribution in [0.3, 0.4) is 0 Å². The van der Waals surface area contributed by atoms with Crippen LogP contribution in [0.25, 0.3) is 0 Å². The molecule has 0 aromatic carbocycles. The lowest BCUT2D eigenvalue weighted by molar-refractivity contribution is 0.154. The highest BCUT2D eigenvalue weighted by atomic mass is 15.3. The summed E-state index contributed by atoms with van der Waals surface area (Å²) in [7, 11) is 0. The van der Waals surface area contributed by atoms with E-state index < -0.39 is 0 Å². The van der Waals surface area contributed by atoms with Crippen molar-refractivity contribution in [1.82, 2.24) is 20.1 Å². The Bertz CT molecular complexity index is 408. The number of nitrogens with one attached hydrogen (secondary N) is 1. The molecule has 0 saturated carbocycles. The second-order valence-corrected chi connectivity index (χ2v) is 7.29. The van der Waals surface area contributed by atoms with Gasteiger partial charge in [-0.15, -0.1) is 0 Å². The number of nitrogens with zero attached hydrogens (tertiary/aromatic N) is 3. The van der Waals surface area contributed by atoms with E-state index in [9.17, 15) is 0 Å². The molecule has 108 valence electrons. The predicted molar refractivity (Wildman–Crippen MR) is 78.0 cm³/mol. The molecule has 4 nitrogen and oxygen atoms in total. The first-order chi connectivity index (χ1) is 8.84. The lowest BCUT2D eigenvalue weighted by Crippen LogP contribution is -2.53. The maximum atomic E-state index is 4.50. The highest BCUT2D eigenvalue weighted by Crippen LogP contribution is 2.39. The minimum Gasteiger partial charge on any atom is -0.310 e. The number of rotatable bonds is 4. The smallest absolute Gasteiger partial charge is 0.138 e. The number of hydrogen-bond acceptors (Lipinski definition) is 3. The Kier molecular flexibility index (Phi) is 4.00. The molecule has 1 unspecified atom stereocenters. The fraction of sp³-hybridized carbons (Fsp3) is 0.867. The molecule has 0 radical (unpaired) electrons. The monoisotopic (exact) mass is 264 g/mol. The Hall–Kier alpha value is -0.900. The summed E-state index contributed by atoms with van der Waals surface area (Å²) in [6.07, 6.45) is 5.16. The molecule has 1 atom stereocenters. The van der Waals surface area contributed by atoms with Gasteiger partial charge in [0.1, 0.15) is 12.2 Å². The van der Waals surface area contributed by atoms with Gasteiger partial charge in [-0.3, -0.25) is 0 Å². The summed E-state index contributed by atoms with van der Waals surface area (Å²) in [4.78, 5) is 4.50. The Morgan fingerprint density at radius 1 is 1.42 bits per heavy atom. The maximum absolute atomic E-state index is 4.50. The fourth-order valence-corrected chi connectivity index (χ4v) is 3.06. The summed E-state index contributed by atoms with van der Waals surface area (Å²) in [5, 5.41) is 8.14. The van der Waals surface area contributed by atoms with E-state index in [4.69, 9.17) is 0 Å². The highest BCUT2D eigenvalue weighted by Gasteiger charge is 2.44. The van der Waals surface area contributed by atoms with Crippen molar-refractivity contribution < 1.29 is 0 Å². The molecule has 1 fully saturated rings. The summed E-state index contributed by atoms with van der Waals surface area (Å²) in [5.74, 6) is 1.72. The summed E-state index contributed by atoms with van der Waals surface area (Å²) < 4.78 is 2.08. The third-order valence-corrected chi connectivity index (χ3v) is 4.37. The zero-order valence-corrected chi connectivity index (χ0v) is 13.0. The van der Waals surface area contributed by atoms with Crippen molar-refractivity contribution in [3.05, 3.63) is 12.2 Å². The summed E-state index contributed by atoms with van der Waals surface area (Å²) in [6.45, 7) is 13.5. The first-order valence-corrected chi connectivity index (χ1v) is 7.46. The molecular weight excluding hydrogens is 236 g/mol. The van der Waals surface area contributed by atoms with Gasteiger partial charge in [0, 0.05) is 18.5 Å². The topological polar surface area (TPSA) is 42.7 Å². The lowest BCUT2D eigenvalue weighted by Gasteiger charge is -2.42. The molecule has 1 aliphatic rings. The molecule has 1 aliphatic heterocycles. The third kappa shape index (κ3) is 2.99. The van der Waals surface area contributed by atoms with Crippen molar-refractivity contribution in [2.75, 3.05) is 6.54 Å². The van der Waals surface area contributed by atoms with Gasteiger partial charge >= 0.3 is 0 Å². The second-order valence-electron chi connectivity index (χ2n) is 7.29. The Morgan fingerprint density at radius 2 is 2.16 bits per heavy atom. The van der Waals surface area contributed by atoms with E-state index in [-0.39, 0.29) is 11.0 Å². The van der Waals surface area contributed by atoms with Gasteiger partial charge in [-0.2, -0.15) is 5.10 Å². The Labute approximate surface area is 117 Å². The zero-order valence-electron chi connectivity index (χ0n) is 13.0. The number of hydrogen-bond donors (Lipinski definition) is 1. The van der Waals surface area contributed by atoms with Crippen molar-refractivity contribution in [3.8, 4) is 0 Å². The van der Waals surface area contributed by atoms with Gasteiger partial charge in [-0.1, -0.05) is 34.6 Å². The molecule has 1 N–H and O–H groups in total. The average molecular weight is 264 g/mol. The predicted octanol–water partition coefficient (Wildman–Crippen LogP) is 2.64. The molecule has 1 aromatic rings. The van der Waals surface area contributed by atoms with Crippen molar-refractivity contribution in [1.29, 1.82) is 0 Å². The van der Waals surface area contributed by atoms with Crippen LogP contribution in [0.2, 0.25) is 0 Å². The molecule has 0 aliphatic carbocycles. The summed E-state index contributed by atoms with van der Waals surface area (Å²) in [5.41, 5.74) is 0.396. The van der Waals surface area contributed by atoms with Gasteiger partial charge in [0.15, 0.2) is 0 Å². The largest absolute Gasteiger partial charge is 0.310 e. The first kappa shape index (κ1) is 14.5. The molecular formula is C15H28N4. The molecule has 2 rings (SSSR count). The van der Waals surface area contributed by atoms with Crippen LogP contribution in [-0.4, -0.2) is 26.8 Å².